The minimum absolute atomic E-state index is 0.436. The summed E-state index contributed by atoms with van der Waals surface area (Å²) >= 11 is 1.39. The van der Waals surface area contributed by atoms with Crippen LogP contribution in [0.4, 0.5) is 9.93 Å². The van der Waals surface area contributed by atoms with E-state index < -0.39 is 6.09 Å². The first-order valence-electron chi connectivity index (χ1n) is 7.65. The quantitative estimate of drug-likeness (QED) is 0.646. The maximum atomic E-state index is 11.6. The van der Waals surface area contributed by atoms with E-state index in [2.05, 4.69) is 41.5 Å². The number of fused-ring (bicyclic) bond motifs is 1. The van der Waals surface area contributed by atoms with Gasteiger partial charge in [-0.2, -0.15) is 0 Å². The zero-order valence-corrected chi connectivity index (χ0v) is 13.7. The van der Waals surface area contributed by atoms with Gasteiger partial charge in [-0.3, -0.25) is 5.32 Å². The number of carbonyl (C=O) groups excluding carboxylic acids is 1. The van der Waals surface area contributed by atoms with Crippen LogP contribution < -0.4 is 5.32 Å². The van der Waals surface area contributed by atoms with Gasteiger partial charge in [0.2, 0.25) is 0 Å². The molecule has 0 spiro atoms. The number of aromatic nitrogens is 1. The second-order valence-corrected chi connectivity index (χ2v) is 6.07. The van der Waals surface area contributed by atoms with Crippen LogP contribution in [0, 0.1) is 0 Å². The molecule has 3 aromatic rings. The van der Waals surface area contributed by atoms with Gasteiger partial charge in [-0.15, -0.1) is 11.3 Å². The van der Waals surface area contributed by atoms with Crippen LogP contribution in [0.1, 0.15) is 19.8 Å². The average Bonchev–Trinajstić information content (AvgIpc) is 3.03. The van der Waals surface area contributed by atoms with Gasteiger partial charge < -0.3 is 4.74 Å². The number of anilines is 1. The Bertz CT molecular complexity index is 813. The highest BCUT2D eigenvalue weighted by Crippen LogP contribution is 2.27. The van der Waals surface area contributed by atoms with Crippen molar-refractivity contribution in [2.75, 3.05) is 11.9 Å². The molecule has 1 amide bonds. The van der Waals surface area contributed by atoms with E-state index in [1.165, 1.54) is 22.1 Å². The molecule has 4 nitrogen and oxygen atoms in total. The molecule has 0 radical (unpaired) electrons. The van der Waals surface area contributed by atoms with Gasteiger partial charge in [-0.25, -0.2) is 9.78 Å². The number of nitrogens with one attached hydrogen (secondary N) is 1. The molecule has 118 valence electrons. The van der Waals surface area contributed by atoms with E-state index in [-0.39, 0.29) is 0 Å². The Morgan fingerprint density at radius 3 is 2.87 bits per heavy atom. The summed E-state index contributed by atoms with van der Waals surface area (Å²) in [5, 5.41) is 7.53. The molecule has 0 aliphatic heterocycles. The Morgan fingerprint density at radius 1 is 1.22 bits per heavy atom. The third kappa shape index (κ3) is 3.87. The number of amides is 1. The first kappa shape index (κ1) is 15.5. The van der Waals surface area contributed by atoms with Gasteiger partial charge in [0.25, 0.3) is 0 Å². The predicted molar refractivity (Wildman–Crippen MR) is 94.9 cm³/mol. The number of ether oxygens (including phenoxy) is 1. The SMILES string of the molecule is CCCCOC(=O)Nc1nc(-c2ccc3ccccc3c2)cs1. The normalized spacial score (nSPS) is 10.7. The molecule has 0 bridgehead atoms. The first-order valence-corrected chi connectivity index (χ1v) is 8.52. The Morgan fingerprint density at radius 2 is 2.04 bits per heavy atom. The van der Waals surface area contributed by atoms with Crippen LogP contribution >= 0.6 is 11.3 Å². The maximum Gasteiger partial charge on any atom is 0.413 e. The van der Waals surface area contributed by atoms with Gasteiger partial charge in [0, 0.05) is 10.9 Å². The third-order valence-corrected chi connectivity index (χ3v) is 4.25. The summed E-state index contributed by atoms with van der Waals surface area (Å²) in [5.41, 5.74) is 1.89. The molecule has 0 unspecified atom stereocenters. The van der Waals surface area contributed by atoms with Gasteiger partial charge in [-0.05, 0) is 23.3 Å². The fourth-order valence-corrected chi connectivity index (χ4v) is 2.95. The van der Waals surface area contributed by atoms with Crippen LogP contribution in [-0.2, 0) is 4.74 Å². The number of hydrogen-bond donors (Lipinski definition) is 1. The molecule has 3 rings (SSSR count). The van der Waals surface area contributed by atoms with Crippen LogP contribution in [0.5, 0.6) is 0 Å². The average molecular weight is 326 g/mol. The highest BCUT2D eigenvalue weighted by molar-refractivity contribution is 7.14. The molecule has 0 atom stereocenters. The van der Waals surface area contributed by atoms with Crippen molar-refractivity contribution in [3.63, 3.8) is 0 Å². The van der Waals surface area contributed by atoms with Crippen LogP contribution in [-0.4, -0.2) is 17.7 Å². The molecule has 0 saturated carbocycles. The standard InChI is InChI=1S/C18H18N2O2S/c1-2-3-10-22-18(21)20-17-19-16(12-23-17)15-9-8-13-6-4-5-7-14(13)11-15/h4-9,11-12H,2-3,10H2,1H3,(H,19,20,21). The lowest BCUT2D eigenvalue weighted by molar-refractivity contribution is 0.160. The zero-order valence-electron chi connectivity index (χ0n) is 12.9. The second kappa shape index (κ2) is 7.24. The molecule has 0 saturated heterocycles. The summed E-state index contributed by atoms with van der Waals surface area (Å²) < 4.78 is 5.08. The molecule has 1 heterocycles. The lowest BCUT2D eigenvalue weighted by Crippen LogP contribution is -2.14. The van der Waals surface area contributed by atoms with Crippen molar-refractivity contribution in [1.82, 2.24) is 4.98 Å². The van der Waals surface area contributed by atoms with E-state index >= 15 is 0 Å². The van der Waals surface area contributed by atoms with Crippen molar-refractivity contribution in [1.29, 1.82) is 0 Å². The lowest BCUT2D eigenvalue weighted by Gasteiger charge is -2.03. The van der Waals surface area contributed by atoms with Crippen molar-refractivity contribution in [3.05, 3.63) is 47.8 Å². The molecular weight excluding hydrogens is 308 g/mol. The van der Waals surface area contributed by atoms with E-state index in [4.69, 9.17) is 4.74 Å². The number of nitrogens with zero attached hydrogens (tertiary/aromatic N) is 1. The summed E-state index contributed by atoms with van der Waals surface area (Å²) in [6.45, 7) is 2.49. The number of rotatable bonds is 5. The monoisotopic (exact) mass is 326 g/mol. The largest absolute Gasteiger partial charge is 0.449 e. The van der Waals surface area contributed by atoms with Gasteiger partial charge in [0.1, 0.15) is 0 Å². The number of thiazole rings is 1. The molecular formula is C18H18N2O2S. The third-order valence-electron chi connectivity index (χ3n) is 3.49. The Labute approximate surface area is 139 Å². The van der Waals surface area contributed by atoms with Crippen LogP contribution in [0.15, 0.2) is 47.8 Å². The van der Waals surface area contributed by atoms with Gasteiger partial charge >= 0.3 is 6.09 Å². The van der Waals surface area contributed by atoms with Crippen LogP contribution in [0.25, 0.3) is 22.0 Å². The van der Waals surface area contributed by atoms with Gasteiger partial charge in [-0.1, -0.05) is 49.7 Å². The Balaban J connectivity index is 1.71. The summed E-state index contributed by atoms with van der Waals surface area (Å²) in [4.78, 5) is 16.1. The number of unbranched alkanes of at least 4 members (excludes halogenated alkanes) is 1. The number of benzene rings is 2. The molecule has 0 aliphatic carbocycles. The maximum absolute atomic E-state index is 11.6. The molecule has 0 aliphatic rings. The second-order valence-electron chi connectivity index (χ2n) is 5.21. The molecule has 5 heteroatoms. The highest BCUT2D eigenvalue weighted by Gasteiger charge is 2.09. The summed E-state index contributed by atoms with van der Waals surface area (Å²) in [6, 6.07) is 14.4. The lowest BCUT2D eigenvalue weighted by atomic mass is 10.1. The van der Waals surface area contributed by atoms with Crippen molar-refractivity contribution < 1.29 is 9.53 Å². The minimum atomic E-state index is -0.446. The summed E-state index contributed by atoms with van der Waals surface area (Å²) in [6.07, 6.45) is 1.42. The fraction of sp³-hybridized carbons (Fsp3) is 0.222. The first-order chi connectivity index (χ1) is 11.3. The van der Waals surface area contributed by atoms with Crippen molar-refractivity contribution in [2.24, 2.45) is 0 Å². The molecule has 2 aromatic carbocycles. The molecule has 1 aromatic heterocycles. The van der Waals surface area contributed by atoms with Crippen molar-refractivity contribution >= 4 is 33.3 Å². The van der Waals surface area contributed by atoms with E-state index in [0.29, 0.717) is 11.7 Å². The molecule has 0 fully saturated rings. The van der Waals surface area contributed by atoms with E-state index in [9.17, 15) is 4.79 Å². The van der Waals surface area contributed by atoms with Crippen molar-refractivity contribution in [3.8, 4) is 11.3 Å². The number of carbonyl (C=O) groups is 1. The van der Waals surface area contributed by atoms with Crippen molar-refractivity contribution in [2.45, 2.75) is 19.8 Å². The minimum Gasteiger partial charge on any atom is -0.449 e. The van der Waals surface area contributed by atoms with Crippen LogP contribution in [0.2, 0.25) is 0 Å². The van der Waals surface area contributed by atoms with Gasteiger partial charge in [0.15, 0.2) is 5.13 Å². The summed E-state index contributed by atoms with van der Waals surface area (Å²) in [5.74, 6) is 0. The topological polar surface area (TPSA) is 51.2 Å². The zero-order chi connectivity index (χ0) is 16.1. The Kier molecular flexibility index (Phi) is 4.88. The molecule has 1 N–H and O–H groups in total. The fourth-order valence-electron chi connectivity index (χ4n) is 2.24. The van der Waals surface area contributed by atoms with Gasteiger partial charge in [0.05, 0.1) is 12.3 Å². The summed E-state index contributed by atoms with van der Waals surface area (Å²) in [7, 11) is 0. The number of hydrogen-bond acceptors (Lipinski definition) is 4. The predicted octanol–water partition coefficient (Wildman–Crippen LogP) is 5.31. The Hall–Kier alpha value is -2.40. The van der Waals surface area contributed by atoms with E-state index in [1.54, 1.807) is 0 Å². The van der Waals surface area contributed by atoms with E-state index in [0.717, 1.165) is 24.1 Å². The highest BCUT2D eigenvalue weighted by atomic mass is 32.1. The van der Waals surface area contributed by atoms with E-state index in [1.807, 2.05) is 23.6 Å². The molecule has 23 heavy (non-hydrogen) atoms. The van der Waals surface area contributed by atoms with Crippen LogP contribution in [0.3, 0.4) is 0 Å². The smallest absolute Gasteiger partial charge is 0.413 e.